The maximum absolute atomic E-state index is 12.4. The van der Waals surface area contributed by atoms with Gasteiger partial charge in [-0.1, -0.05) is 11.6 Å². The zero-order valence-corrected chi connectivity index (χ0v) is 12.7. The van der Waals surface area contributed by atoms with Crippen LogP contribution in [0, 0.1) is 0 Å². The van der Waals surface area contributed by atoms with Gasteiger partial charge < -0.3 is 9.47 Å². The Morgan fingerprint density at radius 3 is 2.40 bits per heavy atom. The van der Waals surface area contributed by atoms with E-state index in [1.54, 1.807) is 36.4 Å². The quantitative estimate of drug-likeness (QED) is 0.762. The summed E-state index contributed by atoms with van der Waals surface area (Å²) < 4.78 is 11.7. The van der Waals surface area contributed by atoms with Crippen molar-refractivity contribution in [2.45, 2.75) is 0 Å². The fraction of sp³-hybridized carbons (Fsp3) is 0.133. The Hall–Kier alpha value is -1.52. The van der Waals surface area contributed by atoms with Crippen LogP contribution >= 0.6 is 27.5 Å². The van der Waals surface area contributed by atoms with Crippen LogP contribution in [0.5, 0.6) is 11.5 Å². The second-order valence-electron chi connectivity index (χ2n) is 4.32. The van der Waals surface area contributed by atoms with Gasteiger partial charge in [0.05, 0.1) is 5.02 Å². The van der Waals surface area contributed by atoms with Crippen LogP contribution in [0.4, 0.5) is 0 Å². The number of hydrogen-bond donors (Lipinski definition) is 0. The monoisotopic (exact) mass is 352 g/mol. The summed E-state index contributed by atoms with van der Waals surface area (Å²) in [5.74, 6) is 1.17. The Morgan fingerprint density at radius 1 is 1.00 bits per heavy atom. The molecule has 1 heterocycles. The largest absolute Gasteiger partial charge is 0.486 e. The molecule has 3 rings (SSSR count). The van der Waals surface area contributed by atoms with E-state index < -0.39 is 0 Å². The molecule has 2 aromatic rings. The SMILES string of the molecule is O=C(c1ccc(Br)c(Cl)c1)c1ccc2c(c1)OCCO2. The molecule has 102 valence electrons. The Bertz CT molecular complexity index is 685. The van der Waals surface area contributed by atoms with Crippen molar-refractivity contribution >= 4 is 33.3 Å². The minimum atomic E-state index is -0.101. The van der Waals surface area contributed by atoms with E-state index in [0.717, 1.165) is 4.47 Å². The third kappa shape index (κ3) is 2.53. The lowest BCUT2D eigenvalue weighted by atomic mass is 10.0. The van der Waals surface area contributed by atoms with Gasteiger partial charge >= 0.3 is 0 Å². The van der Waals surface area contributed by atoms with Crippen LogP contribution in [0.25, 0.3) is 0 Å². The lowest BCUT2D eigenvalue weighted by molar-refractivity contribution is 0.103. The second-order valence-corrected chi connectivity index (χ2v) is 5.58. The fourth-order valence-electron chi connectivity index (χ4n) is 1.99. The van der Waals surface area contributed by atoms with Crippen LogP contribution < -0.4 is 9.47 Å². The predicted molar refractivity (Wildman–Crippen MR) is 80.0 cm³/mol. The van der Waals surface area contributed by atoms with Crippen LogP contribution in [0.3, 0.4) is 0 Å². The molecule has 0 atom stereocenters. The van der Waals surface area contributed by atoms with E-state index in [1.807, 2.05) is 0 Å². The van der Waals surface area contributed by atoms with Crippen LogP contribution in [0.1, 0.15) is 15.9 Å². The van der Waals surface area contributed by atoms with Gasteiger partial charge in [0.25, 0.3) is 0 Å². The van der Waals surface area contributed by atoms with Crippen molar-refractivity contribution in [2.24, 2.45) is 0 Å². The Kier molecular flexibility index (Phi) is 3.68. The van der Waals surface area contributed by atoms with Gasteiger partial charge in [-0.15, -0.1) is 0 Å². The lowest BCUT2D eigenvalue weighted by Crippen LogP contribution is -2.15. The van der Waals surface area contributed by atoms with Crippen molar-refractivity contribution < 1.29 is 14.3 Å². The Morgan fingerprint density at radius 2 is 1.65 bits per heavy atom. The van der Waals surface area contributed by atoms with Crippen molar-refractivity contribution in [3.63, 3.8) is 0 Å². The van der Waals surface area contributed by atoms with Gasteiger partial charge in [0.1, 0.15) is 13.2 Å². The highest BCUT2D eigenvalue weighted by atomic mass is 79.9. The summed E-state index contributed by atoms with van der Waals surface area (Å²) >= 11 is 9.32. The third-order valence-electron chi connectivity index (χ3n) is 2.99. The van der Waals surface area contributed by atoms with Gasteiger partial charge in [0.2, 0.25) is 0 Å². The van der Waals surface area contributed by atoms with Crippen LogP contribution in [-0.4, -0.2) is 19.0 Å². The normalized spacial score (nSPS) is 13.1. The van der Waals surface area contributed by atoms with Gasteiger partial charge in [-0.05, 0) is 52.3 Å². The first-order valence-electron chi connectivity index (χ1n) is 6.04. The molecule has 0 bridgehead atoms. The molecule has 1 aliphatic heterocycles. The maximum atomic E-state index is 12.4. The van der Waals surface area contributed by atoms with E-state index in [1.165, 1.54) is 0 Å². The van der Waals surface area contributed by atoms with Gasteiger partial charge in [-0.25, -0.2) is 0 Å². The van der Waals surface area contributed by atoms with E-state index in [2.05, 4.69) is 15.9 Å². The topological polar surface area (TPSA) is 35.5 Å². The van der Waals surface area contributed by atoms with Crippen LogP contribution in [0.2, 0.25) is 5.02 Å². The number of halogens is 2. The summed E-state index contributed by atoms with van der Waals surface area (Å²) in [7, 11) is 0. The molecule has 2 aromatic carbocycles. The summed E-state index contributed by atoms with van der Waals surface area (Å²) in [5.41, 5.74) is 1.09. The van der Waals surface area contributed by atoms with Crippen molar-refractivity contribution in [3.05, 3.63) is 57.0 Å². The highest BCUT2D eigenvalue weighted by molar-refractivity contribution is 9.10. The zero-order chi connectivity index (χ0) is 14.1. The predicted octanol–water partition coefficient (Wildman–Crippen LogP) is 4.10. The standard InChI is InChI=1S/C15H10BrClO3/c16-11-3-1-9(7-12(11)17)15(18)10-2-4-13-14(8-10)20-6-5-19-13/h1-4,7-8H,5-6H2. The molecule has 0 N–H and O–H groups in total. The molecular formula is C15H10BrClO3. The number of ketones is 1. The van der Waals surface area contributed by atoms with E-state index >= 15 is 0 Å². The number of hydrogen-bond acceptors (Lipinski definition) is 3. The van der Waals surface area contributed by atoms with E-state index in [9.17, 15) is 4.79 Å². The van der Waals surface area contributed by atoms with Crippen molar-refractivity contribution in [1.29, 1.82) is 0 Å². The molecule has 5 heteroatoms. The third-order valence-corrected chi connectivity index (χ3v) is 4.22. The van der Waals surface area contributed by atoms with Gasteiger partial charge in [-0.2, -0.15) is 0 Å². The molecule has 20 heavy (non-hydrogen) atoms. The summed E-state index contributed by atoms with van der Waals surface area (Å²) in [6.07, 6.45) is 0. The van der Waals surface area contributed by atoms with Crippen LogP contribution in [-0.2, 0) is 0 Å². The van der Waals surface area contributed by atoms with E-state index in [4.69, 9.17) is 21.1 Å². The van der Waals surface area contributed by atoms with Crippen molar-refractivity contribution in [3.8, 4) is 11.5 Å². The molecule has 3 nitrogen and oxygen atoms in total. The molecule has 0 saturated heterocycles. The number of carbonyl (C=O) groups is 1. The minimum Gasteiger partial charge on any atom is -0.486 e. The Balaban J connectivity index is 1.95. The first kappa shape index (κ1) is 13.5. The molecule has 0 unspecified atom stereocenters. The lowest BCUT2D eigenvalue weighted by Gasteiger charge is -2.18. The van der Waals surface area contributed by atoms with Crippen LogP contribution in [0.15, 0.2) is 40.9 Å². The summed E-state index contributed by atoms with van der Waals surface area (Å²) in [4.78, 5) is 12.4. The van der Waals surface area contributed by atoms with Crippen molar-refractivity contribution in [2.75, 3.05) is 13.2 Å². The van der Waals surface area contributed by atoms with E-state index in [-0.39, 0.29) is 5.78 Å². The number of carbonyl (C=O) groups excluding carboxylic acids is 1. The fourth-order valence-corrected chi connectivity index (χ4v) is 2.42. The summed E-state index contributed by atoms with van der Waals surface area (Å²) in [6, 6.07) is 10.3. The zero-order valence-electron chi connectivity index (χ0n) is 10.4. The second kappa shape index (κ2) is 5.46. The number of fused-ring (bicyclic) bond motifs is 1. The molecule has 0 spiro atoms. The molecule has 0 aromatic heterocycles. The smallest absolute Gasteiger partial charge is 0.193 e. The molecule has 0 aliphatic carbocycles. The van der Waals surface area contributed by atoms with E-state index in [0.29, 0.717) is 40.9 Å². The Labute approximate surface area is 129 Å². The molecular weight excluding hydrogens is 344 g/mol. The summed E-state index contributed by atoms with van der Waals surface area (Å²) in [6.45, 7) is 1.03. The molecule has 0 saturated carbocycles. The first-order chi connectivity index (χ1) is 9.65. The van der Waals surface area contributed by atoms with Crippen molar-refractivity contribution in [1.82, 2.24) is 0 Å². The highest BCUT2D eigenvalue weighted by Gasteiger charge is 2.16. The molecule has 0 radical (unpaired) electrons. The van der Waals surface area contributed by atoms with Gasteiger partial charge in [0, 0.05) is 15.6 Å². The first-order valence-corrected chi connectivity index (χ1v) is 7.21. The minimum absolute atomic E-state index is 0.101. The maximum Gasteiger partial charge on any atom is 0.193 e. The average molecular weight is 354 g/mol. The summed E-state index contributed by atoms with van der Waals surface area (Å²) in [5, 5.41) is 0.508. The van der Waals surface area contributed by atoms with Gasteiger partial charge in [-0.3, -0.25) is 4.79 Å². The average Bonchev–Trinajstić information content (AvgIpc) is 2.49. The molecule has 0 fully saturated rings. The highest BCUT2D eigenvalue weighted by Crippen LogP contribution is 2.32. The number of benzene rings is 2. The number of ether oxygens (including phenoxy) is 2. The van der Waals surface area contributed by atoms with Gasteiger partial charge in [0.15, 0.2) is 17.3 Å². The molecule has 0 amide bonds. The number of rotatable bonds is 2. The molecule has 1 aliphatic rings.